The van der Waals surface area contributed by atoms with Crippen LogP contribution in [0.25, 0.3) is 0 Å². The number of halogens is 3. The molecule has 0 N–H and O–H groups in total. The zero-order valence-electron chi connectivity index (χ0n) is 10.5. The summed E-state index contributed by atoms with van der Waals surface area (Å²) in [6.45, 7) is 0. The van der Waals surface area contributed by atoms with Crippen LogP contribution in [-0.4, -0.2) is 10.7 Å². The van der Waals surface area contributed by atoms with Crippen LogP contribution in [0.5, 0.6) is 0 Å². The van der Waals surface area contributed by atoms with Crippen LogP contribution < -0.4 is 0 Å². The van der Waals surface area contributed by atoms with E-state index >= 15 is 0 Å². The molecule has 100 valence electrons. The molecule has 2 rings (SSSR count). The van der Waals surface area contributed by atoms with Crippen molar-refractivity contribution in [3.8, 4) is 0 Å². The second-order valence-corrected chi connectivity index (χ2v) is 6.53. The SMILES string of the molecule is Fc1ccc(C(CBr)(CBr)CC2CCCC2)cc1. The van der Waals surface area contributed by atoms with Gasteiger partial charge in [-0.1, -0.05) is 69.7 Å². The maximum Gasteiger partial charge on any atom is 0.123 e. The molecule has 0 amide bonds. The van der Waals surface area contributed by atoms with Gasteiger partial charge in [0.2, 0.25) is 0 Å². The molecule has 0 aliphatic heterocycles. The standard InChI is InChI=1S/C15H19Br2F/c16-10-15(11-17,9-12-3-1-2-4-12)13-5-7-14(18)8-6-13/h5-8,12H,1-4,9-11H2. The predicted octanol–water partition coefficient (Wildman–Crippen LogP) is 5.43. The minimum absolute atomic E-state index is 0.0999. The second-order valence-electron chi connectivity index (χ2n) is 5.41. The fourth-order valence-corrected chi connectivity index (χ4v) is 5.02. The van der Waals surface area contributed by atoms with E-state index in [1.54, 1.807) is 12.1 Å². The van der Waals surface area contributed by atoms with Crippen LogP contribution in [0.3, 0.4) is 0 Å². The van der Waals surface area contributed by atoms with E-state index in [1.807, 2.05) is 12.1 Å². The fraction of sp³-hybridized carbons (Fsp3) is 0.600. The van der Waals surface area contributed by atoms with Crippen LogP contribution in [0.2, 0.25) is 0 Å². The minimum Gasteiger partial charge on any atom is -0.207 e. The predicted molar refractivity (Wildman–Crippen MR) is 82.2 cm³/mol. The Balaban J connectivity index is 2.21. The summed E-state index contributed by atoms with van der Waals surface area (Å²) in [4.78, 5) is 0. The second kappa shape index (κ2) is 6.51. The maximum atomic E-state index is 13.1. The number of benzene rings is 1. The molecule has 0 atom stereocenters. The normalized spacial score (nSPS) is 17.3. The summed E-state index contributed by atoms with van der Waals surface area (Å²) in [5.74, 6) is 0.669. The van der Waals surface area contributed by atoms with Crippen molar-refractivity contribution in [1.29, 1.82) is 0 Å². The van der Waals surface area contributed by atoms with Crippen molar-refractivity contribution >= 4 is 31.9 Å². The zero-order chi connectivity index (χ0) is 13.0. The third kappa shape index (κ3) is 3.16. The molecule has 1 aromatic rings. The van der Waals surface area contributed by atoms with Crippen molar-refractivity contribution in [3.05, 3.63) is 35.6 Å². The molecule has 0 unspecified atom stereocenters. The average Bonchev–Trinajstić information content (AvgIpc) is 2.90. The van der Waals surface area contributed by atoms with Gasteiger partial charge in [-0.2, -0.15) is 0 Å². The molecule has 0 spiro atoms. The fourth-order valence-electron chi connectivity index (χ4n) is 2.99. The summed E-state index contributed by atoms with van der Waals surface area (Å²) in [6, 6.07) is 7.02. The molecule has 0 bridgehead atoms. The Labute approximate surface area is 126 Å². The van der Waals surface area contributed by atoms with E-state index in [0.717, 1.165) is 16.6 Å². The Morgan fingerprint density at radius 2 is 1.61 bits per heavy atom. The van der Waals surface area contributed by atoms with E-state index in [1.165, 1.54) is 37.7 Å². The Bertz CT molecular complexity index is 365. The quantitative estimate of drug-likeness (QED) is 0.600. The third-order valence-electron chi connectivity index (χ3n) is 4.12. The first-order valence-corrected chi connectivity index (χ1v) is 8.82. The average molecular weight is 378 g/mol. The van der Waals surface area contributed by atoms with Crippen LogP contribution in [0.15, 0.2) is 24.3 Å². The lowest BCUT2D eigenvalue weighted by molar-refractivity contribution is 0.378. The lowest BCUT2D eigenvalue weighted by Crippen LogP contribution is -2.32. The highest BCUT2D eigenvalue weighted by Gasteiger charge is 2.34. The van der Waals surface area contributed by atoms with E-state index in [2.05, 4.69) is 31.9 Å². The number of alkyl halides is 2. The van der Waals surface area contributed by atoms with Crippen molar-refractivity contribution in [1.82, 2.24) is 0 Å². The van der Waals surface area contributed by atoms with Gasteiger partial charge in [-0.3, -0.25) is 0 Å². The molecule has 18 heavy (non-hydrogen) atoms. The van der Waals surface area contributed by atoms with Crippen molar-refractivity contribution in [2.45, 2.75) is 37.5 Å². The van der Waals surface area contributed by atoms with Crippen LogP contribution in [0.1, 0.15) is 37.7 Å². The molecular formula is C15H19Br2F. The molecule has 0 heterocycles. The molecule has 0 aromatic heterocycles. The summed E-state index contributed by atoms with van der Waals surface area (Å²) in [5, 5.41) is 1.85. The Hall–Kier alpha value is 0.110. The van der Waals surface area contributed by atoms with Gasteiger partial charge in [0.05, 0.1) is 0 Å². The highest BCUT2D eigenvalue weighted by Crippen LogP contribution is 2.40. The highest BCUT2D eigenvalue weighted by atomic mass is 79.9. The molecule has 1 saturated carbocycles. The summed E-state index contributed by atoms with van der Waals surface area (Å²) in [6.07, 6.45) is 6.63. The molecule has 1 aromatic carbocycles. The highest BCUT2D eigenvalue weighted by molar-refractivity contribution is 9.09. The number of hydrogen-bond donors (Lipinski definition) is 0. The monoisotopic (exact) mass is 376 g/mol. The first-order chi connectivity index (χ1) is 8.70. The van der Waals surface area contributed by atoms with E-state index in [-0.39, 0.29) is 11.2 Å². The van der Waals surface area contributed by atoms with Gasteiger partial charge in [-0.05, 0) is 30.0 Å². The van der Waals surface area contributed by atoms with Crippen LogP contribution in [0, 0.1) is 11.7 Å². The van der Waals surface area contributed by atoms with Crippen molar-refractivity contribution in [2.24, 2.45) is 5.92 Å². The zero-order valence-corrected chi connectivity index (χ0v) is 13.6. The molecule has 0 saturated heterocycles. The molecule has 3 heteroatoms. The molecular weight excluding hydrogens is 359 g/mol. The Morgan fingerprint density at radius 1 is 1.06 bits per heavy atom. The first-order valence-electron chi connectivity index (χ1n) is 6.58. The van der Waals surface area contributed by atoms with Crippen LogP contribution in [0.4, 0.5) is 4.39 Å². The van der Waals surface area contributed by atoms with Gasteiger partial charge in [0.25, 0.3) is 0 Å². The van der Waals surface area contributed by atoms with Crippen LogP contribution in [-0.2, 0) is 5.41 Å². The van der Waals surface area contributed by atoms with Crippen molar-refractivity contribution in [3.63, 3.8) is 0 Å². The molecule has 0 nitrogen and oxygen atoms in total. The smallest absolute Gasteiger partial charge is 0.123 e. The topological polar surface area (TPSA) is 0 Å². The van der Waals surface area contributed by atoms with Gasteiger partial charge in [-0.25, -0.2) is 4.39 Å². The lowest BCUT2D eigenvalue weighted by atomic mass is 9.76. The van der Waals surface area contributed by atoms with E-state index in [4.69, 9.17) is 0 Å². The minimum atomic E-state index is -0.155. The van der Waals surface area contributed by atoms with Gasteiger partial charge < -0.3 is 0 Å². The molecule has 1 aliphatic rings. The molecule has 1 aliphatic carbocycles. The number of rotatable bonds is 5. The van der Waals surface area contributed by atoms with Gasteiger partial charge in [-0.15, -0.1) is 0 Å². The lowest BCUT2D eigenvalue weighted by Gasteiger charge is -2.33. The Kier molecular flexibility index (Phi) is 5.25. The van der Waals surface area contributed by atoms with Crippen molar-refractivity contribution < 1.29 is 4.39 Å². The number of hydrogen-bond acceptors (Lipinski definition) is 0. The largest absolute Gasteiger partial charge is 0.207 e. The van der Waals surface area contributed by atoms with Crippen LogP contribution >= 0.6 is 31.9 Å². The summed E-state index contributed by atoms with van der Waals surface area (Å²) < 4.78 is 13.1. The summed E-state index contributed by atoms with van der Waals surface area (Å²) in [5.41, 5.74) is 1.34. The first kappa shape index (κ1) is 14.5. The van der Waals surface area contributed by atoms with Gasteiger partial charge in [0.1, 0.15) is 5.82 Å². The van der Waals surface area contributed by atoms with Gasteiger partial charge >= 0.3 is 0 Å². The summed E-state index contributed by atoms with van der Waals surface area (Å²) in [7, 11) is 0. The van der Waals surface area contributed by atoms with Gasteiger partial charge in [0.15, 0.2) is 0 Å². The van der Waals surface area contributed by atoms with Crippen molar-refractivity contribution in [2.75, 3.05) is 10.7 Å². The summed E-state index contributed by atoms with van der Waals surface area (Å²) >= 11 is 7.34. The third-order valence-corrected chi connectivity index (χ3v) is 6.27. The van der Waals surface area contributed by atoms with E-state index < -0.39 is 0 Å². The van der Waals surface area contributed by atoms with E-state index in [0.29, 0.717) is 0 Å². The van der Waals surface area contributed by atoms with E-state index in [9.17, 15) is 4.39 Å². The molecule has 0 radical (unpaired) electrons. The maximum absolute atomic E-state index is 13.1. The Morgan fingerprint density at radius 3 is 2.11 bits per heavy atom. The molecule has 1 fully saturated rings. The van der Waals surface area contributed by atoms with Gasteiger partial charge in [0, 0.05) is 16.1 Å².